The Hall–Kier alpha value is -2.52. The SMILES string of the molecule is COc1ccc(/C=C(\C#N)C(=O)NC[C@@H]2CCCO2)cc1OCC(C)C. The first kappa shape index (κ1) is 19.8. The number of benzene rings is 1. The van der Waals surface area contributed by atoms with Crippen LogP contribution in [0, 0.1) is 17.2 Å². The highest BCUT2D eigenvalue weighted by Crippen LogP contribution is 2.29. The number of carbonyl (C=O) groups is 1. The number of carbonyl (C=O) groups excluding carboxylic acids is 1. The monoisotopic (exact) mass is 358 g/mol. The number of nitrogens with one attached hydrogen (secondary N) is 1. The molecular formula is C20H26N2O4. The molecule has 0 unspecified atom stereocenters. The zero-order valence-corrected chi connectivity index (χ0v) is 15.6. The Labute approximate surface area is 154 Å². The Morgan fingerprint density at radius 1 is 1.46 bits per heavy atom. The maximum absolute atomic E-state index is 12.2. The zero-order chi connectivity index (χ0) is 18.9. The third-order valence-corrected chi connectivity index (χ3v) is 3.95. The summed E-state index contributed by atoms with van der Waals surface area (Å²) in [6.07, 6.45) is 3.52. The second-order valence-electron chi connectivity index (χ2n) is 6.63. The van der Waals surface area contributed by atoms with Gasteiger partial charge in [-0.15, -0.1) is 0 Å². The van der Waals surface area contributed by atoms with Crippen molar-refractivity contribution in [2.75, 3.05) is 26.9 Å². The first-order valence-electron chi connectivity index (χ1n) is 8.86. The first-order chi connectivity index (χ1) is 12.5. The van der Waals surface area contributed by atoms with Gasteiger partial charge in [0.2, 0.25) is 0 Å². The van der Waals surface area contributed by atoms with Crippen LogP contribution >= 0.6 is 0 Å². The summed E-state index contributed by atoms with van der Waals surface area (Å²) in [6, 6.07) is 7.28. The fraction of sp³-hybridized carbons (Fsp3) is 0.500. The Morgan fingerprint density at radius 3 is 2.88 bits per heavy atom. The van der Waals surface area contributed by atoms with Gasteiger partial charge in [0.15, 0.2) is 11.5 Å². The molecule has 0 aliphatic carbocycles. The molecule has 0 aromatic heterocycles. The van der Waals surface area contributed by atoms with Gasteiger partial charge in [-0.3, -0.25) is 4.79 Å². The van der Waals surface area contributed by atoms with E-state index in [2.05, 4.69) is 19.2 Å². The fourth-order valence-electron chi connectivity index (χ4n) is 2.57. The van der Waals surface area contributed by atoms with Gasteiger partial charge >= 0.3 is 0 Å². The van der Waals surface area contributed by atoms with E-state index in [1.165, 1.54) is 0 Å². The molecule has 0 spiro atoms. The highest BCUT2D eigenvalue weighted by molar-refractivity contribution is 6.01. The number of rotatable bonds is 8. The lowest BCUT2D eigenvalue weighted by Gasteiger charge is -2.13. The lowest BCUT2D eigenvalue weighted by atomic mass is 10.1. The predicted octanol–water partition coefficient (Wildman–Crippen LogP) is 2.93. The third kappa shape index (κ3) is 5.78. The van der Waals surface area contributed by atoms with E-state index < -0.39 is 5.91 Å². The number of hydrogen-bond donors (Lipinski definition) is 1. The van der Waals surface area contributed by atoms with E-state index in [0.29, 0.717) is 36.1 Å². The average Bonchev–Trinajstić information content (AvgIpc) is 3.16. The summed E-state index contributed by atoms with van der Waals surface area (Å²) in [5.41, 5.74) is 0.747. The van der Waals surface area contributed by atoms with Gasteiger partial charge in [-0.1, -0.05) is 19.9 Å². The zero-order valence-electron chi connectivity index (χ0n) is 15.6. The van der Waals surface area contributed by atoms with Crippen molar-refractivity contribution in [1.82, 2.24) is 5.32 Å². The lowest BCUT2D eigenvalue weighted by molar-refractivity contribution is -0.117. The molecule has 1 atom stereocenters. The standard InChI is InChI=1S/C20H26N2O4/c1-14(2)13-26-19-10-15(6-7-18(19)24-3)9-16(11-21)20(23)22-12-17-5-4-8-25-17/h6-7,9-10,14,17H,4-5,8,12-13H2,1-3H3,(H,22,23)/b16-9+/t17-/m0/s1. The Morgan fingerprint density at radius 2 is 2.27 bits per heavy atom. The fourth-order valence-corrected chi connectivity index (χ4v) is 2.57. The smallest absolute Gasteiger partial charge is 0.262 e. The highest BCUT2D eigenvalue weighted by atomic mass is 16.5. The molecule has 2 rings (SSSR count). The summed E-state index contributed by atoms with van der Waals surface area (Å²) in [4.78, 5) is 12.2. The van der Waals surface area contributed by atoms with Crippen molar-refractivity contribution in [2.24, 2.45) is 5.92 Å². The van der Waals surface area contributed by atoms with Crippen LogP contribution in [0.25, 0.3) is 6.08 Å². The molecular weight excluding hydrogens is 332 g/mol. The van der Waals surface area contributed by atoms with E-state index in [9.17, 15) is 10.1 Å². The summed E-state index contributed by atoms with van der Waals surface area (Å²) in [6.45, 7) is 5.82. The Bertz CT molecular complexity index is 686. The number of nitriles is 1. The quantitative estimate of drug-likeness (QED) is 0.571. The van der Waals surface area contributed by atoms with E-state index in [1.807, 2.05) is 6.07 Å². The highest BCUT2D eigenvalue weighted by Gasteiger charge is 2.17. The van der Waals surface area contributed by atoms with Crippen molar-refractivity contribution in [2.45, 2.75) is 32.8 Å². The van der Waals surface area contributed by atoms with Crippen LogP contribution in [0.3, 0.4) is 0 Å². The molecule has 1 N–H and O–H groups in total. The first-order valence-corrected chi connectivity index (χ1v) is 8.86. The van der Waals surface area contributed by atoms with Crippen LogP contribution in [0.2, 0.25) is 0 Å². The van der Waals surface area contributed by atoms with Crippen LogP contribution in [-0.2, 0) is 9.53 Å². The molecule has 1 fully saturated rings. The maximum atomic E-state index is 12.2. The molecule has 0 radical (unpaired) electrons. The van der Waals surface area contributed by atoms with Crippen LogP contribution in [0.4, 0.5) is 0 Å². The second kappa shape index (κ2) is 9.83. The van der Waals surface area contributed by atoms with E-state index in [0.717, 1.165) is 19.4 Å². The number of methoxy groups -OCH3 is 1. The Kier molecular flexibility index (Phi) is 7.49. The molecule has 1 aliphatic heterocycles. The average molecular weight is 358 g/mol. The molecule has 1 saturated heterocycles. The van der Waals surface area contributed by atoms with Crippen molar-refractivity contribution in [1.29, 1.82) is 5.26 Å². The second-order valence-corrected chi connectivity index (χ2v) is 6.63. The summed E-state index contributed by atoms with van der Waals surface area (Å²) in [5.74, 6) is 1.18. The summed E-state index contributed by atoms with van der Waals surface area (Å²) in [5, 5.41) is 12.1. The normalized spacial score (nSPS) is 17.0. The number of amides is 1. The topological polar surface area (TPSA) is 80.6 Å². The molecule has 1 aliphatic rings. The summed E-state index contributed by atoms with van der Waals surface area (Å²) >= 11 is 0. The van der Waals surface area contributed by atoms with Gasteiger partial charge in [-0.05, 0) is 42.5 Å². The van der Waals surface area contributed by atoms with Gasteiger partial charge in [-0.25, -0.2) is 0 Å². The van der Waals surface area contributed by atoms with Gasteiger partial charge in [0.25, 0.3) is 5.91 Å². The van der Waals surface area contributed by atoms with Crippen LogP contribution in [0.5, 0.6) is 11.5 Å². The van der Waals surface area contributed by atoms with Gasteiger partial charge in [-0.2, -0.15) is 5.26 Å². The van der Waals surface area contributed by atoms with Gasteiger partial charge in [0.05, 0.1) is 19.8 Å². The van der Waals surface area contributed by atoms with Crippen molar-refractivity contribution in [3.05, 3.63) is 29.3 Å². The van der Waals surface area contributed by atoms with Crippen molar-refractivity contribution < 1.29 is 19.0 Å². The van der Waals surface area contributed by atoms with Crippen LogP contribution in [0.15, 0.2) is 23.8 Å². The molecule has 26 heavy (non-hydrogen) atoms. The molecule has 0 saturated carbocycles. The molecule has 6 nitrogen and oxygen atoms in total. The van der Waals surface area contributed by atoms with Crippen molar-refractivity contribution in [3.8, 4) is 17.6 Å². The molecule has 140 valence electrons. The summed E-state index contributed by atoms with van der Waals surface area (Å²) in [7, 11) is 1.58. The van der Waals surface area contributed by atoms with Crippen LogP contribution in [-0.4, -0.2) is 38.9 Å². The minimum absolute atomic E-state index is 0.0379. The molecule has 1 aromatic carbocycles. The maximum Gasteiger partial charge on any atom is 0.262 e. The predicted molar refractivity (Wildman–Crippen MR) is 98.9 cm³/mol. The third-order valence-electron chi connectivity index (χ3n) is 3.95. The van der Waals surface area contributed by atoms with E-state index >= 15 is 0 Å². The lowest BCUT2D eigenvalue weighted by Crippen LogP contribution is -2.32. The molecule has 1 heterocycles. The molecule has 1 amide bonds. The number of ether oxygens (including phenoxy) is 3. The van der Waals surface area contributed by atoms with Gasteiger partial charge in [0.1, 0.15) is 11.6 Å². The van der Waals surface area contributed by atoms with Crippen LogP contribution in [0.1, 0.15) is 32.3 Å². The van der Waals surface area contributed by atoms with Gasteiger partial charge in [0, 0.05) is 13.2 Å². The molecule has 0 bridgehead atoms. The number of hydrogen-bond acceptors (Lipinski definition) is 5. The van der Waals surface area contributed by atoms with Crippen molar-refractivity contribution in [3.63, 3.8) is 0 Å². The van der Waals surface area contributed by atoms with E-state index in [-0.39, 0.29) is 11.7 Å². The van der Waals surface area contributed by atoms with Crippen molar-refractivity contribution >= 4 is 12.0 Å². The van der Waals surface area contributed by atoms with Crippen LogP contribution < -0.4 is 14.8 Å². The summed E-state index contributed by atoms with van der Waals surface area (Å²) < 4.78 is 16.5. The Balaban J connectivity index is 2.09. The minimum atomic E-state index is -0.400. The minimum Gasteiger partial charge on any atom is -0.493 e. The van der Waals surface area contributed by atoms with E-state index in [1.54, 1.807) is 31.4 Å². The molecule has 1 aromatic rings. The largest absolute Gasteiger partial charge is 0.493 e. The molecule has 6 heteroatoms. The number of nitrogens with zero attached hydrogens (tertiary/aromatic N) is 1. The van der Waals surface area contributed by atoms with Gasteiger partial charge < -0.3 is 19.5 Å². The van der Waals surface area contributed by atoms with E-state index in [4.69, 9.17) is 14.2 Å².